The van der Waals surface area contributed by atoms with Gasteiger partial charge in [0.15, 0.2) is 0 Å². The van der Waals surface area contributed by atoms with Crippen molar-refractivity contribution in [2.45, 2.75) is 26.2 Å². The molecule has 0 bridgehead atoms. The number of carbonyl (C=O) groups is 1. The standard InChI is InChI=1S/C24H30N6O2.H2S/c1-5-10-26-22-9-7-18(14-28-22)20-12-23(30-15-29-20)27-13-16(2)19-8-6-17(24(31)25-3)11-21(19)32-4;/h6-9,11-12,14-16H,5,10,13H2,1-4H3,(H,25,31)(H,26,28)(H,27,29,30);1H2/t16-;/m1./s1. The van der Waals surface area contributed by atoms with Crippen LogP contribution in [0, 0.1) is 0 Å². The summed E-state index contributed by atoms with van der Waals surface area (Å²) in [6.07, 6.45) is 4.41. The van der Waals surface area contributed by atoms with Crippen LogP contribution in [-0.4, -0.2) is 48.1 Å². The topological polar surface area (TPSA) is 101 Å². The minimum Gasteiger partial charge on any atom is -0.496 e. The quantitative estimate of drug-likeness (QED) is 0.412. The molecule has 0 unspecified atom stereocenters. The number of pyridine rings is 1. The van der Waals surface area contributed by atoms with Crippen LogP contribution in [0.2, 0.25) is 0 Å². The molecule has 2 aromatic heterocycles. The molecule has 1 amide bonds. The monoisotopic (exact) mass is 468 g/mol. The number of hydrogen-bond acceptors (Lipinski definition) is 7. The van der Waals surface area contributed by atoms with Gasteiger partial charge in [-0.05, 0) is 36.2 Å². The lowest BCUT2D eigenvalue weighted by atomic mass is 9.98. The summed E-state index contributed by atoms with van der Waals surface area (Å²) in [6.45, 7) is 5.75. The van der Waals surface area contributed by atoms with Crippen LogP contribution < -0.4 is 20.7 Å². The third-order valence-corrected chi connectivity index (χ3v) is 5.13. The fourth-order valence-electron chi connectivity index (χ4n) is 3.29. The van der Waals surface area contributed by atoms with Gasteiger partial charge >= 0.3 is 0 Å². The SMILES string of the molecule is CCCNc1ccc(-c2cc(NC[C@@H](C)c3ccc(C(=O)NC)cc3OC)ncn2)cn1.S. The van der Waals surface area contributed by atoms with E-state index in [1.807, 2.05) is 36.5 Å². The largest absolute Gasteiger partial charge is 0.496 e. The zero-order valence-corrected chi connectivity index (χ0v) is 20.5. The summed E-state index contributed by atoms with van der Waals surface area (Å²) in [5, 5.41) is 9.27. The third kappa shape index (κ3) is 6.82. The molecule has 1 atom stereocenters. The van der Waals surface area contributed by atoms with Gasteiger partial charge < -0.3 is 20.7 Å². The van der Waals surface area contributed by atoms with Crippen molar-refractivity contribution >= 4 is 31.0 Å². The van der Waals surface area contributed by atoms with Crippen molar-refractivity contribution in [2.24, 2.45) is 0 Å². The molecule has 3 aromatic rings. The van der Waals surface area contributed by atoms with Crippen LogP contribution in [0.3, 0.4) is 0 Å². The molecule has 3 N–H and O–H groups in total. The van der Waals surface area contributed by atoms with Crippen molar-refractivity contribution in [3.8, 4) is 17.0 Å². The van der Waals surface area contributed by atoms with Gasteiger partial charge in [0.1, 0.15) is 23.7 Å². The van der Waals surface area contributed by atoms with Crippen LogP contribution >= 0.6 is 13.5 Å². The molecule has 9 heteroatoms. The first-order valence-electron chi connectivity index (χ1n) is 10.7. The molecular formula is C24H32N6O2S. The highest BCUT2D eigenvalue weighted by Crippen LogP contribution is 2.28. The first-order chi connectivity index (χ1) is 15.5. The Morgan fingerprint density at radius 2 is 1.88 bits per heavy atom. The Kier molecular flexibility index (Phi) is 9.93. The van der Waals surface area contributed by atoms with E-state index in [9.17, 15) is 4.79 Å². The second kappa shape index (κ2) is 12.6. The van der Waals surface area contributed by atoms with Crippen LogP contribution in [0.5, 0.6) is 5.75 Å². The van der Waals surface area contributed by atoms with Crippen molar-refractivity contribution < 1.29 is 9.53 Å². The van der Waals surface area contributed by atoms with Crippen LogP contribution in [0.15, 0.2) is 48.9 Å². The number of nitrogens with one attached hydrogen (secondary N) is 3. The van der Waals surface area contributed by atoms with Gasteiger partial charge in [-0.25, -0.2) is 15.0 Å². The lowest BCUT2D eigenvalue weighted by Gasteiger charge is -2.17. The maximum atomic E-state index is 11.9. The molecule has 0 spiro atoms. The molecule has 176 valence electrons. The second-order valence-electron chi connectivity index (χ2n) is 7.47. The lowest BCUT2D eigenvalue weighted by Crippen LogP contribution is -2.18. The van der Waals surface area contributed by atoms with Gasteiger partial charge in [-0.2, -0.15) is 13.5 Å². The normalized spacial score (nSPS) is 11.2. The van der Waals surface area contributed by atoms with E-state index in [4.69, 9.17) is 4.74 Å². The fourth-order valence-corrected chi connectivity index (χ4v) is 3.29. The minimum absolute atomic E-state index is 0. The number of aromatic nitrogens is 3. The molecule has 3 rings (SSSR count). The Hall–Kier alpha value is -3.33. The van der Waals surface area contributed by atoms with Gasteiger partial charge in [0.05, 0.1) is 12.8 Å². The zero-order chi connectivity index (χ0) is 22.9. The highest BCUT2D eigenvalue weighted by atomic mass is 32.1. The van der Waals surface area contributed by atoms with E-state index in [2.05, 4.69) is 44.7 Å². The molecule has 0 radical (unpaired) electrons. The molecule has 0 saturated heterocycles. The second-order valence-corrected chi connectivity index (χ2v) is 7.47. The summed E-state index contributed by atoms with van der Waals surface area (Å²) in [4.78, 5) is 25.1. The molecule has 0 aliphatic carbocycles. The number of amides is 1. The van der Waals surface area contributed by atoms with E-state index >= 15 is 0 Å². The lowest BCUT2D eigenvalue weighted by molar-refractivity contribution is 0.0962. The predicted octanol–water partition coefficient (Wildman–Crippen LogP) is 4.06. The number of methoxy groups -OCH3 is 1. The summed E-state index contributed by atoms with van der Waals surface area (Å²) in [5.74, 6) is 2.27. The first-order valence-corrected chi connectivity index (χ1v) is 10.7. The maximum absolute atomic E-state index is 11.9. The molecule has 8 nitrogen and oxygen atoms in total. The third-order valence-electron chi connectivity index (χ3n) is 5.13. The molecule has 0 fully saturated rings. The number of benzene rings is 1. The van der Waals surface area contributed by atoms with Gasteiger partial charge in [-0.3, -0.25) is 4.79 Å². The Bertz CT molecular complexity index is 1050. The van der Waals surface area contributed by atoms with Gasteiger partial charge in [-0.1, -0.05) is 19.9 Å². The predicted molar refractivity (Wildman–Crippen MR) is 138 cm³/mol. The van der Waals surface area contributed by atoms with Crippen molar-refractivity contribution in [1.29, 1.82) is 0 Å². The van der Waals surface area contributed by atoms with Crippen molar-refractivity contribution in [3.63, 3.8) is 0 Å². The van der Waals surface area contributed by atoms with Crippen LogP contribution in [0.25, 0.3) is 11.3 Å². The molecule has 0 aliphatic rings. The number of ether oxygens (including phenoxy) is 1. The summed E-state index contributed by atoms with van der Waals surface area (Å²) in [7, 11) is 3.22. The van der Waals surface area contributed by atoms with Gasteiger partial charge in [0, 0.05) is 49.4 Å². The molecule has 0 saturated carbocycles. The van der Waals surface area contributed by atoms with Crippen molar-refractivity contribution in [1.82, 2.24) is 20.3 Å². The molecule has 2 heterocycles. The van der Waals surface area contributed by atoms with Gasteiger partial charge in [-0.15, -0.1) is 0 Å². The van der Waals surface area contributed by atoms with Crippen LogP contribution in [0.4, 0.5) is 11.6 Å². The Labute approximate surface area is 202 Å². The molecule has 1 aromatic carbocycles. The Morgan fingerprint density at radius 3 is 2.55 bits per heavy atom. The van der Waals surface area contributed by atoms with E-state index in [1.54, 1.807) is 26.6 Å². The van der Waals surface area contributed by atoms with Crippen molar-refractivity contribution in [3.05, 3.63) is 60.0 Å². The summed E-state index contributed by atoms with van der Waals surface area (Å²) in [5.41, 5.74) is 3.31. The highest BCUT2D eigenvalue weighted by molar-refractivity contribution is 7.59. The molecule has 0 aliphatic heterocycles. The molecule has 33 heavy (non-hydrogen) atoms. The van der Waals surface area contributed by atoms with Crippen LogP contribution in [0.1, 0.15) is 42.1 Å². The Balaban J connectivity index is 0.00000385. The first kappa shape index (κ1) is 25.9. The van der Waals surface area contributed by atoms with E-state index in [1.165, 1.54) is 0 Å². The maximum Gasteiger partial charge on any atom is 0.251 e. The smallest absolute Gasteiger partial charge is 0.251 e. The number of carbonyl (C=O) groups excluding carboxylic acids is 1. The van der Waals surface area contributed by atoms with E-state index in [0.717, 1.165) is 41.4 Å². The summed E-state index contributed by atoms with van der Waals surface area (Å²) in [6, 6.07) is 11.4. The number of rotatable bonds is 10. The zero-order valence-electron chi connectivity index (χ0n) is 19.5. The van der Waals surface area contributed by atoms with Crippen molar-refractivity contribution in [2.75, 3.05) is 37.9 Å². The number of nitrogens with zero attached hydrogens (tertiary/aromatic N) is 3. The van der Waals surface area contributed by atoms with Gasteiger partial charge in [0.25, 0.3) is 5.91 Å². The average Bonchev–Trinajstić information content (AvgIpc) is 2.85. The summed E-state index contributed by atoms with van der Waals surface area (Å²) < 4.78 is 5.52. The van der Waals surface area contributed by atoms with Gasteiger partial charge in [0.2, 0.25) is 0 Å². The minimum atomic E-state index is -0.141. The Morgan fingerprint density at radius 1 is 1.06 bits per heavy atom. The number of hydrogen-bond donors (Lipinski definition) is 3. The van der Waals surface area contributed by atoms with E-state index < -0.39 is 0 Å². The average molecular weight is 469 g/mol. The molecular weight excluding hydrogens is 436 g/mol. The fraction of sp³-hybridized carbons (Fsp3) is 0.333. The highest BCUT2D eigenvalue weighted by Gasteiger charge is 2.15. The summed E-state index contributed by atoms with van der Waals surface area (Å²) >= 11 is 0. The number of anilines is 2. The van der Waals surface area contributed by atoms with E-state index in [-0.39, 0.29) is 25.3 Å². The van der Waals surface area contributed by atoms with E-state index in [0.29, 0.717) is 17.9 Å². The van der Waals surface area contributed by atoms with Crippen LogP contribution in [-0.2, 0) is 0 Å².